The van der Waals surface area contributed by atoms with E-state index in [-0.39, 0.29) is 17.9 Å². The van der Waals surface area contributed by atoms with Crippen LogP contribution in [-0.2, 0) is 10.2 Å². The lowest BCUT2D eigenvalue weighted by atomic mass is 9.87. The first-order chi connectivity index (χ1) is 18.7. The normalized spacial score (nSPS) is 10.8. The summed E-state index contributed by atoms with van der Waals surface area (Å²) < 4.78 is 5.51. The van der Waals surface area contributed by atoms with Gasteiger partial charge in [0.2, 0.25) is 0 Å². The topological polar surface area (TPSA) is 96.5 Å². The Morgan fingerprint density at radius 1 is 0.641 bits per heavy atom. The summed E-state index contributed by atoms with van der Waals surface area (Å²) >= 11 is 0. The van der Waals surface area contributed by atoms with Crippen LogP contribution in [0.5, 0.6) is 5.75 Å². The standard InChI is InChI=1S/C32H31N3O4/c1-32(2,3)26-15-9-24(10-16-26)30(37)33-27-17-11-25(12-18-27)31(38)35-34-29(36)21-39-28-19-13-23(14-20-28)22-7-5-4-6-8-22/h4-20H,21H2,1-3H3,(H,33,37)(H,34,36)(H,35,38). The number of hydrogen-bond acceptors (Lipinski definition) is 4. The number of ether oxygens (including phenoxy) is 1. The maximum atomic E-state index is 12.6. The van der Waals surface area contributed by atoms with Gasteiger partial charge < -0.3 is 10.1 Å². The van der Waals surface area contributed by atoms with E-state index >= 15 is 0 Å². The third kappa shape index (κ3) is 7.55. The largest absolute Gasteiger partial charge is 0.484 e. The Morgan fingerprint density at radius 2 is 1.21 bits per heavy atom. The van der Waals surface area contributed by atoms with Gasteiger partial charge in [-0.15, -0.1) is 0 Å². The van der Waals surface area contributed by atoms with E-state index in [4.69, 9.17) is 4.74 Å². The number of benzene rings is 4. The van der Waals surface area contributed by atoms with Crippen molar-refractivity contribution in [3.63, 3.8) is 0 Å². The van der Waals surface area contributed by atoms with E-state index in [1.54, 1.807) is 48.5 Å². The van der Waals surface area contributed by atoms with Crippen LogP contribution in [0, 0.1) is 0 Å². The number of carbonyl (C=O) groups excluding carboxylic acids is 3. The average Bonchev–Trinajstić information content (AvgIpc) is 2.95. The molecule has 0 aliphatic heterocycles. The summed E-state index contributed by atoms with van der Waals surface area (Å²) in [7, 11) is 0. The van der Waals surface area contributed by atoms with Crippen LogP contribution in [0.4, 0.5) is 5.69 Å². The number of hydrogen-bond donors (Lipinski definition) is 3. The second kappa shape index (κ2) is 12.1. The van der Waals surface area contributed by atoms with Gasteiger partial charge in [0.1, 0.15) is 5.75 Å². The third-order valence-electron chi connectivity index (χ3n) is 6.06. The molecule has 0 unspecified atom stereocenters. The van der Waals surface area contributed by atoms with Crippen molar-refractivity contribution in [2.45, 2.75) is 26.2 Å². The molecule has 0 saturated heterocycles. The highest BCUT2D eigenvalue weighted by molar-refractivity contribution is 6.04. The molecule has 4 aromatic carbocycles. The van der Waals surface area contributed by atoms with Gasteiger partial charge in [0.05, 0.1) is 0 Å². The second-order valence-corrected chi connectivity index (χ2v) is 10.0. The lowest BCUT2D eigenvalue weighted by molar-refractivity contribution is -0.123. The van der Waals surface area contributed by atoms with Gasteiger partial charge in [-0.3, -0.25) is 25.2 Å². The van der Waals surface area contributed by atoms with E-state index in [1.807, 2.05) is 54.6 Å². The molecule has 3 amide bonds. The fourth-order valence-corrected chi connectivity index (χ4v) is 3.79. The van der Waals surface area contributed by atoms with Gasteiger partial charge in [0, 0.05) is 16.8 Å². The van der Waals surface area contributed by atoms with Crippen LogP contribution in [0.3, 0.4) is 0 Å². The molecule has 0 aromatic heterocycles. The third-order valence-corrected chi connectivity index (χ3v) is 6.06. The molecule has 0 aliphatic rings. The Morgan fingerprint density at radius 3 is 1.82 bits per heavy atom. The van der Waals surface area contributed by atoms with Crippen LogP contribution in [0.1, 0.15) is 47.1 Å². The van der Waals surface area contributed by atoms with Gasteiger partial charge in [0.25, 0.3) is 17.7 Å². The number of nitrogens with one attached hydrogen (secondary N) is 3. The zero-order valence-corrected chi connectivity index (χ0v) is 22.2. The number of hydrazine groups is 1. The molecular weight excluding hydrogens is 490 g/mol. The fraction of sp³-hybridized carbons (Fsp3) is 0.156. The van der Waals surface area contributed by atoms with E-state index < -0.39 is 11.8 Å². The van der Waals surface area contributed by atoms with Crippen LogP contribution < -0.4 is 20.9 Å². The zero-order chi connectivity index (χ0) is 27.8. The molecular formula is C32H31N3O4. The van der Waals surface area contributed by atoms with Gasteiger partial charge in [-0.05, 0) is 70.6 Å². The number of anilines is 1. The Bertz CT molecular complexity index is 1420. The van der Waals surface area contributed by atoms with Crippen molar-refractivity contribution < 1.29 is 19.1 Å². The molecule has 0 atom stereocenters. The van der Waals surface area contributed by atoms with Crippen molar-refractivity contribution in [1.29, 1.82) is 0 Å². The van der Waals surface area contributed by atoms with Crippen molar-refractivity contribution in [3.8, 4) is 16.9 Å². The van der Waals surface area contributed by atoms with Crippen molar-refractivity contribution in [2.75, 3.05) is 11.9 Å². The Hall–Kier alpha value is -4.91. The minimum Gasteiger partial charge on any atom is -0.484 e. The minimum atomic E-state index is -0.503. The SMILES string of the molecule is CC(C)(C)c1ccc(C(=O)Nc2ccc(C(=O)NNC(=O)COc3ccc(-c4ccccc4)cc3)cc2)cc1. The fourth-order valence-electron chi connectivity index (χ4n) is 3.79. The molecule has 198 valence electrons. The van der Waals surface area contributed by atoms with E-state index in [0.29, 0.717) is 22.6 Å². The van der Waals surface area contributed by atoms with Gasteiger partial charge in [-0.25, -0.2) is 0 Å². The number of carbonyl (C=O) groups is 3. The van der Waals surface area contributed by atoms with Gasteiger partial charge in [-0.1, -0.05) is 75.4 Å². The molecule has 0 bridgehead atoms. The molecule has 0 saturated carbocycles. The van der Waals surface area contributed by atoms with Crippen molar-refractivity contribution in [2.24, 2.45) is 0 Å². The Balaban J connectivity index is 1.22. The summed E-state index contributed by atoms with van der Waals surface area (Å²) in [6, 6.07) is 31.2. The van der Waals surface area contributed by atoms with E-state index in [9.17, 15) is 14.4 Å². The lowest BCUT2D eigenvalue weighted by Crippen LogP contribution is -2.43. The Labute approximate surface area is 228 Å². The summed E-state index contributed by atoms with van der Waals surface area (Å²) in [5.41, 5.74) is 9.39. The maximum Gasteiger partial charge on any atom is 0.276 e. The summed E-state index contributed by atoms with van der Waals surface area (Å²) in [6.07, 6.45) is 0. The monoisotopic (exact) mass is 521 g/mol. The summed E-state index contributed by atoms with van der Waals surface area (Å²) in [5, 5.41) is 2.82. The lowest BCUT2D eigenvalue weighted by Gasteiger charge is -2.19. The minimum absolute atomic E-state index is 0.00694. The molecule has 0 radical (unpaired) electrons. The second-order valence-electron chi connectivity index (χ2n) is 10.0. The van der Waals surface area contributed by atoms with Gasteiger partial charge in [0.15, 0.2) is 6.61 Å². The predicted octanol–water partition coefficient (Wildman–Crippen LogP) is 5.74. The molecule has 4 aromatic rings. The molecule has 4 rings (SSSR count). The molecule has 39 heavy (non-hydrogen) atoms. The number of rotatable bonds is 7. The molecule has 0 spiro atoms. The van der Waals surface area contributed by atoms with E-state index in [0.717, 1.165) is 16.7 Å². The quantitative estimate of drug-likeness (QED) is 0.270. The summed E-state index contributed by atoms with van der Waals surface area (Å²) in [4.78, 5) is 37.1. The van der Waals surface area contributed by atoms with Crippen LogP contribution in [0.2, 0.25) is 0 Å². The molecule has 0 heterocycles. The van der Waals surface area contributed by atoms with Crippen LogP contribution in [0.25, 0.3) is 11.1 Å². The van der Waals surface area contributed by atoms with Crippen LogP contribution in [-0.4, -0.2) is 24.3 Å². The summed E-state index contributed by atoms with van der Waals surface area (Å²) in [5.74, 6) is -0.698. The first kappa shape index (κ1) is 27.1. The smallest absolute Gasteiger partial charge is 0.276 e. The van der Waals surface area contributed by atoms with E-state index in [2.05, 4.69) is 36.9 Å². The number of amides is 3. The highest BCUT2D eigenvalue weighted by Crippen LogP contribution is 2.23. The highest BCUT2D eigenvalue weighted by atomic mass is 16.5. The zero-order valence-electron chi connectivity index (χ0n) is 22.2. The van der Waals surface area contributed by atoms with Gasteiger partial charge in [-0.2, -0.15) is 0 Å². The highest BCUT2D eigenvalue weighted by Gasteiger charge is 2.15. The molecule has 0 fully saturated rings. The average molecular weight is 522 g/mol. The van der Waals surface area contributed by atoms with Crippen LogP contribution >= 0.6 is 0 Å². The molecule has 3 N–H and O–H groups in total. The van der Waals surface area contributed by atoms with Gasteiger partial charge >= 0.3 is 0 Å². The van der Waals surface area contributed by atoms with Crippen molar-refractivity contribution in [1.82, 2.24) is 10.9 Å². The Kier molecular flexibility index (Phi) is 8.41. The molecule has 7 nitrogen and oxygen atoms in total. The van der Waals surface area contributed by atoms with Crippen molar-refractivity contribution >= 4 is 23.4 Å². The first-order valence-corrected chi connectivity index (χ1v) is 12.6. The van der Waals surface area contributed by atoms with E-state index in [1.165, 1.54) is 0 Å². The first-order valence-electron chi connectivity index (χ1n) is 12.6. The maximum absolute atomic E-state index is 12.6. The molecule has 7 heteroatoms. The predicted molar refractivity (Wildman–Crippen MR) is 153 cm³/mol. The summed E-state index contributed by atoms with van der Waals surface area (Å²) in [6.45, 7) is 6.09. The molecule has 0 aliphatic carbocycles. The van der Waals surface area contributed by atoms with Crippen LogP contribution in [0.15, 0.2) is 103 Å². The van der Waals surface area contributed by atoms with Crippen molar-refractivity contribution in [3.05, 3.63) is 120 Å².